The third-order valence-corrected chi connectivity index (χ3v) is 3.81. The highest BCUT2D eigenvalue weighted by Crippen LogP contribution is 2.22. The fraction of sp³-hybridized carbons (Fsp3) is 0.214. The largest absolute Gasteiger partial charge is 0.389 e. The molecule has 0 spiro atoms. The van der Waals surface area contributed by atoms with Crippen molar-refractivity contribution in [1.29, 1.82) is 0 Å². The fourth-order valence-electron chi connectivity index (χ4n) is 1.46. The molecule has 1 aromatic heterocycles. The molecule has 2 rings (SSSR count). The molecule has 1 unspecified atom stereocenters. The summed E-state index contributed by atoms with van der Waals surface area (Å²) in [6.45, 7) is 1.73. The summed E-state index contributed by atoms with van der Waals surface area (Å²) in [5.74, 6) is 0.859. The molecule has 1 heterocycles. The van der Waals surface area contributed by atoms with Crippen LogP contribution in [0.3, 0.4) is 0 Å². The molecule has 1 N–H and O–H groups in total. The molecule has 94 valence electrons. The smallest absolute Gasteiger partial charge is 0.0963 e. The third-order valence-electron chi connectivity index (χ3n) is 2.54. The normalized spacial score (nSPS) is 12.4. The van der Waals surface area contributed by atoms with Crippen LogP contribution < -0.4 is 0 Å². The number of rotatable bonds is 4. The molecule has 0 aliphatic rings. The summed E-state index contributed by atoms with van der Waals surface area (Å²) in [7, 11) is 0. The number of pyridine rings is 1. The maximum absolute atomic E-state index is 9.39. The van der Waals surface area contributed by atoms with Gasteiger partial charge in [-0.3, -0.25) is 0 Å². The number of aliphatic hydroxyl groups excluding tert-OH is 1. The van der Waals surface area contributed by atoms with E-state index in [0.717, 1.165) is 21.4 Å². The van der Waals surface area contributed by atoms with Crippen LogP contribution in [0.25, 0.3) is 0 Å². The highest BCUT2D eigenvalue weighted by molar-refractivity contribution is 7.98. The predicted molar refractivity (Wildman–Crippen MR) is 75.9 cm³/mol. The van der Waals surface area contributed by atoms with Crippen LogP contribution in [0.5, 0.6) is 0 Å². The molecule has 0 saturated heterocycles. The molecule has 18 heavy (non-hydrogen) atoms. The van der Waals surface area contributed by atoms with Gasteiger partial charge in [-0.25, -0.2) is 4.98 Å². The lowest BCUT2D eigenvalue weighted by molar-refractivity contribution is 0.198. The molecule has 1 aromatic carbocycles. The van der Waals surface area contributed by atoms with Crippen molar-refractivity contribution in [2.24, 2.45) is 0 Å². The minimum absolute atomic E-state index is 0.465. The number of thioether (sulfide) groups is 1. The Labute approximate surface area is 116 Å². The first-order chi connectivity index (χ1) is 8.65. The van der Waals surface area contributed by atoms with Crippen LogP contribution in [0.15, 0.2) is 47.6 Å². The average Bonchev–Trinajstić information content (AvgIpc) is 2.38. The van der Waals surface area contributed by atoms with E-state index in [-0.39, 0.29) is 0 Å². The van der Waals surface area contributed by atoms with Gasteiger partial charge >= 0.3 is 0 Å². The van der Waals surface area contributed by atoms with Gasteiger partial charge in [-0.2, -0.15) is 0 Å². The summed E-state index contributed by atoms with van der Waals surface area (Å²) in [5, 5.41) is 11.1. The van der Waals surface area contributed by atoms with Crippen molar-refractivity contribution < 1.29 is 5.11 Å². The van der Waals surface area contributed by atoms with Gasteiger partial charge in [0.2, 0.25) is 0 Å². The van der Waals surface area contributed by atoms with Gasteiger partial charge in [-0.05, 0) is 36.2 Å². The molecular weight excluding hydrogens is 266 g/mol. The fourth-order valence-corrected chi connectivity index (χ4v) is 2.39. The van der Waals surface area contributed by atoms with Gasteiger partial charge < -0.3 is 5.11 Å². The van der Waals surface area contributed by atoms with Crippen molar-refractivity contribution in [1.82, 2.24) is 4.98 Å². The molecule has 1 atom stereocenters. The predicted octanol–water partition coefficient (Wildman–Crippen LogP) is 4.08. The van der Waals surface area contributed by atoms with Crippen molar-refractivity contribution in [3.8, 4) is 0 Å². The van der Waals surface area contributed by atoms with Gasteiger partial charge in [-0.1, -0.05) is 29.8 Å². The molecule has 2 aromatic rings. The first-order valence-electron chi connectivity index (χ1n) is 5.66. The second kappa shape index (κ2) is 6.23. The van der Waals surface area contributed by atoms with E-state index in [1.807, 2.05) is 36.4 Å². The summed E-state index contributed by atoms with van der Waals surface area (Å²) in [4.78, 5) is 4.31. The third kappa shape index (κ3) is 3.73. The van der Waals surface area contributed by atoms with E-state index in [2.05, 4.69) is 4.98 Å². The topological polar surface area (TPSA) is 33.1 Å². The zero-order chi connectivity index (χ0) is 13.0. The second-order valence-electron chi connectivity index (χ2n) is 4.02. The zero-order valence-electron chi connectivity index (χ0n) is 10.0. The van der Waals surface area contributed by atoms with Crippen LogP contribution in [-0.2, 0) is 5.75 Å². The zero-order valence-corrected chi connectivity index (χ0v) is 11.6. The van der Waals surface area contributed by atoms with Crippen LogP contribution in [0.2, 0.25) is 5.02 Å². The number of nitrogens with zero attached hydrogens (tertiary/aromatic N) is 1. The highest BCUT2D eigenvalue weighted by atomic mass is 35.5. The average molecular weight is 280 g/mol. The highest BCUT2D eigenvalue weighted by Gasteiger charge is 2.02. The van der Waals surface area contributed by atoms with Crippen LogP contribution in [0, 0.1) is 0 Å². The SMILES string of the molecule is CC(O)c1ccc(SCc2ccc(Cl)cc2)nc1. The minimum Gasteiger partial charge on any atom is -0.389 e. The molecular formula is C14H14ClNOS. The van der Waals surface area contributed by atoms with Crippen molar-refractivity contribution >= 4 is 23.4 Å². The van der Waals surface area contributed by atoms with Gasteiger partial charge in [0.15, 0.2) is 0 Å². The van der Waals surface area contributed by atoms with Crippen molar-refractivity contribution in [3.63, 3.8) is 0 Å². The first-order valence-corrected chi connectivity index (χ1v) is 7.03. The molecule has 0 amide bonds. The molecule has 0 aliphatic carbocycles. The molecule has 0 radical (unpaired) electrons. The van der Waals surface area contributed by atoms with E-state index >= 15 is 0 Å². The summed E-state index contributed by atoms with van der Waals surface area (Å²) >= 11 is 7.50. The minimum atomic E-state index is -0.465. The van der Waals surface area contributed by atoms with E-state index in [0.29, 0.717) is 0 Å². The first kappa shape index (κ1) is 13.4. The quantitative estimate of drug-likeness (QED) is 0.856. The number of hydrogen-bond acceptors (Lipinski definition) is 3. The number of aromatic nitrogens is 1. The van der Waals surface area contributed by atoms with Crippen LogP contribution in [0.4, 0.5) is 0 Å². The van der Waals surface area contributed by atoms with E-state index < -0.39 is 6.10 Å². The Balaban J connectivity index is 1.95. The van der Waals surface area contributed by atoms with Gasteiger partial charge in [0.05, 0.1) is 11.1 Å². The summed E-state index contributed by atoms with van der Waals surface area (Å²) < 4.78 is 0. The lowest BCUT2D eigenvalue weighted by atomic mass is 10.2. The van der Waals surface area contributed by atoms with Crippen molar-refractivity contribution in [3.05, 3.63) is 58.7 Å². The van der Waals surface area contributed by atoms with Crippen LogP contribution >= 0.6 is 23.4 Å². The monoisotopic (exact) mass is 279 g/mol. The lowest BCUT2D eigenvalue weighted by Crippen LogP contribution is -1.92. The van der Waals surface area contributed by atoms with E-state index in [1.165, 1.54) is 5.56 Å². The van der Waals surface area contributed by atoms with Gasteiger partial charge in [0, 0.05) is 17.0 Å². The molecule has 4 heteroatoms. The summed E-state index contributed by atoms with van der Waals surface area (Å²) in [6.07, 6.45) is 1.25. The van der Waals surface area contributed by atoms with Crippen LogP contribution in [0.1, 0.15) is 24.2 Å². The number of aliphatic hydroxyl groups is 1. The maximum atomic E-state index is 9.39. The standard InChI is InChI=1S/C14H14ClNOS/c1-10(17)12-4-7-14(16-8-12)18-9-11-2-5-13(15)6-3-11/h2-8,10,17H,9H2,1H3. The Bertz CT molecular complexity index is 496. The molecule has 0 fully saturated rings. The van der Waals surface area contributed by atoms with Gasteiger partial charge in [0.25, 0.3) is 0 Å². The lowest BCUT2D eigenvalue weighted by Gasteiger charge is -2.05. The van der Waals surface area contributed by atoms with E-state index in [9.17, 15) is 5.11 Å². The van der Waals surface area contributed by atoms with Gasteiger partial charge in [0.1, 0.15) is 0 Å². The summed E-state index contributed by atoms with van der Waals surface area (Å²) in [6, 6.07) is 11.6. The molecule has 0 bridgehead atoms. The summed E-state index contributed by atoms with van der Waals surface area (Å²) in [5.41, 5.74) is 2.05. The Kier molecular flexibility index (Phi) is 4.64. The molecule has 0 saturated carbocycles. The number of halogens is 1. The maximum Gasteiger partial charge on any atom is 0.0963 e. The Morgan fingerprint density at radius 3 is 2.50 bits per heavy atom. The molecule has 2 nitrogen and oxygen atoms in total. The Hall–Kier alpha value is -1.03. The second-order valence-corrected chi connectivity index (χ2v) is 5.45. The van der Waals surface area contributed by atoms with E-state index in [4.69, 9.17) is 11.6 Å². The van der Waals surface area contributed by atoms with Crippen LogP contribution in [-0.4, -0.2) is 10.1 Å². The number of hydrogen-bond donors (Lipinski definition) is 1. The number of benzene rings is 1. The van der Waals surface area contributed by atoms with Crippen molar-refractivity contribution in [2.45, 2.75) is 23.8 Å². The Morgan fingerprint density at radius 1 is 1.22 bits per heavy atom. The van der Waals surface area contributed by atoms with Crippen molar-refractivity contribution in [2.75, 3.05) is 0 Å². The Morgan fingerprint density at radius 2 is 1.94 bits per heavy atom. The van der Waals surface area contributed by atoms with Gasteiger partial charge in [-0.15, -0.1) is 11.8 Å². The van der Waals surface area contributed by atoms with E-state index in [1.54, 1.807) is 24.9 Å². The molecule has 0 aliphatic heterocycles.